The van der Waals surface area contributed by atoms with Gasteiger partial charge in [0.05, 0.1) is 12.5 Å². The Hall–Kier alpha value is -4.01. The maximum Gasteiger partial charge on any atom is 0.311 e. The maximum atomic E-state index is 12.2. The molecule has 1 saturated heterocycles. The quantitative estimate of drug-likeness (QED) is 0.515. The largest absolute Gasteiger partial charge is 0.455 e. The van der Waals surface area contributed by atoms with E-state index in [1.54, 1.807) is 54.6 Å². The molecule has 1 fully saturated rings. The zero-order valence-corrected chi connectivity index (χ0v) is 16.8. The van der Waals surface area contributed by atoms with Crippen molar-refractivity contribution < 1.29 is 28.7 Å². The second-order valence-electron chi connectivity index (χ2n) is 7.00. The first-order valence-corrected chi connectivity index (χ1v) is 9.57. The Morgan fingerprint density at radius 3 is 2.32 bits per heavy atom. The molecule has 2 aromatic rings. The van der Waals surface area contributed by atoms with Gasteiger partial charge in [0.2, 0.25) is 5.91 Å². The number of anilines is 1. The Balaban J connectivity index is 1.46. The van der Waals surface area contributed by atoms with Crippen molar-refractivity contribution in [2.24, 2.45) is 5.92 Å². The molecule has 9 heteroatoms. The minimum absolute atomic E-state index is 0.0373. The van der Waals surface area contributed by atoms with E-state index < -0.39 is 36.2 Å². The summed E-state index contributed by atoms with van der Waals surface area (Å²) in [7, 11) is 0. The lowest BCUT2D eigenvalue weighted by molar-refractivity contribution is -0.151. The van der Waals surface area contributed by atoms with Crippen molar-refractivity contribution in [2.45, 2.75) is 13.3 Å². The van der Waals surface area contributed by atoms with Crippen molar-refractivity contribution in [3.8, 4) is 0 Å². The molecule has 2 N–H and O–H groups in total. The molecule has 0 radical (unpaired) electrons. The van der Waals surface area contributed by atoms with Gasteiger partial charge >= 0.3 is 5.97 Å². The van der Waals surface area contributed by atoms with Gasteiger partial charge in [-0.15, -0.1) is 0 Å². The number of nitrogens with one attached hydrogen (secondary N) is 2. The number of hydrogen-bond donors (Lipinski definition) is 2. The summed E-state index contributed by atoms with van der Waals surface area (Å²) in [6, 6.07) is 14.7. The van der Waals surface area contributed by atoms with Gasteiger partial charge in [-0.05, 0) is 43.3 Å². The van der Waals surface area contributed by atoms with Crippen LogP contribution in [0.3, 0.4) is 0 Å². The lowest BCUT2D eigenvalue weighted by Crippen LogP contribution is -2.43. The van der Waals surface area contributed by atoms with Crippen molar-refractivity contribution in [3.05, 3.63) is 65.7 Å². The van der Waals surface area contributed by atoms with Crippen LogP contribution in [0, 0.1) is 5.92 Å². The Morgan fingerprint density at radius 2 is 1.68 bits per heavy atom. The van der Waals surface area contributed by atoms with Gasteiger partial charge in [0.15, 0.2) is 12.4 Å². The lowest BCUT2D eigenvalue weighted by Gasteiger charge is -2.17. The summed E-state index contributed by atoms with van der Waals surface area (Å²) in [5.41, 5.74) is 3.83. The second kappa shape index (κ2) is 9.66. The van der Waals surface area contributed by atoms with E-state index in [1.165, 1.54) is 6.92 Å². The Labute approximate surface area is 178 Å². The van der Waals surface area contributed by atoms with Crippen molar-refractivity contribution >= 4 is 35.2 Å². The van der Waals surface area contributed by atoms with E-state index in [2.05, 4.69) is 10.7 Å². The molecule has 1 atom stereocenters. The van der Waals surface area contributed by atoms with Crippen LogP contribution in [0.15, 0.2) is 54.6 Å². The first-order valence-electron chi connectivity index (χ1n) is 9.57. The number of ketones is 1. The minimum Gasteiger partial charge on any atom is -0.455 e. The minimum atomic E-state index is -0.786. The first kappa shape index (κ1) is 21.7. The topological polar surface area (TPSA) is 122 Å². The van der Waals surface area contributed by atoms with E-state index in [9.17, 15) is 24.0 Å². The fourth-order valence-electron chi connectivity index (χ4n) is 2.99. The normalized spacial score (nSPS) is 15.3. The van der Waals surface area contributed by atoms with Gasteiger partial charge in [-0.2, -0.15) is 0 Å². The number of ether oxygens (including phenoxy) is 1. The Morgan fingerprint density at radius 1 is 1.00 bits per heavy atom. The number of benzene rings is 2. The summed E-state index contributed by atoms with van der Waals surface area (Å²) in [6.07, 6.45) is -0.123. The highest BCUT2D eigenvalue weighted by atomic mass is 16.5. The summed E-state index contributed by atoms with van der Waals surface area (Å²) in [5, 5.41) is 3.64. The lowest BCUT2D eigenvalue weighted by atomic mass is 10.1. The summed E-state index contributed by atoms with van der Waals surface area (Å²) >= 11 is 0. The third-order valence-corrected chi connectivity index (χ3v) is 4.65. The molecule has 0 aromatic heterocycles. The highest BCUT2D eigenvalue weighted by molar-refractivity contribution is 5.97. The monoisotopic (exact) mass is 423 g/mol. The maximum absolute atomic E-state index is 12.2. The molecular formula is C22H21N3O6. The fourth-order valence-corrected chi connectivity index (χ4v) is 2.99. The van der Waals surface area contributed by atoms with Gasteiger partial charge in [-0.3, -0.25) is 34.4 Å². The van der Waals surface area contributed by atoms with Crippen LogP contribution in [-0.4, -0.2) is 47.6 Å². The molecule has 0 unspecified atom stereocenters. The molecule has 1 heterocycles. The zero-order valence-electron chi connectivity index (χ0n) is 16.8. The predicted molar refractivity (Wildman–Crippen MR) is 110 cm³/mol. The van der Waals surface area contributed by atoms with Crippen LogP contribution >= 0.6 is 0 Å². The molecule has 0 saturated carbocycles. The van der Waals surface area contributed by atoms with Crippen LogP contribution in [-0.2, 0) is 19.1 Å². The highest BCUT2D eigenvalue weighted by Gasteiger charge is 2.36. The molecule has 0 spiro atoms. The summed E-state index contributed by atoms with van der Waals surface area (Å²) < 4.78 is 5.01. The summed E-state index contributed by atoms with van der Waals surface area (Å²) in [4.78, 5) is 59.8. The number of amides is 3. The van der Waals surface area contributed by atoms with Crippen LogP contribution in [0.5, 0.6) is 0 Å². The standard InChI is InChI=1S/C22H21N3O6/c1-14(26)15-7-9-18(10-8-15)23-19(27)13-31-22(30)17-11-20(28)25(12-17)24-21(29)16-5-3-2-4-6-16/h2-10,17H,11-13H2,1H3,(H,23,27)(H,24,29)/t17-/m1/s1. The van der Waals surface area contributed by atoms with Gasteiger partial charge in [0.1, 0.15) is 0 Å². The average molecular weight is 423 g/mol. The van der Waals surface area contributed by atoms with Crippen molar-refractivity contribution in [3.63, 3.8) is 0 Å². The molecular weight excluding hydrogens is 402 g/mol. The number of rotatable bonds is 7. The number of carbonyl (C=O) groups is 5. The third-order valence-electron chi connectivity index (χ3n) is 4.65. The fraction of sp³-hybridized carbons (Fsp3) is 0.227. The average Bonchev–Trinajstić information content (AvgIpc) is 3.13. The Bertz CT molecular complexity index is 1000. The molecule has 160 valence electrons. The van der Waals surface area contributed by atoms with Crippen LogP contribution in [0.4, 0.5) is 5.69 Å². The number of esters is 1. The van der Waals surface area contributed by atoms with Gasteiger partial charge in [-0.1, -0.05) is 18.2 Å². The van der Waals surface area contributed by atoms with Gasteiger partial charge in [0, 0.05) is 23.2 Å². The molecule has 31 heavy (non-hydrogen) atoms. The number of carbonyl (C=O) groups excluding carboxylic acids is 5. The molecule has 9 nitrogen and oxygen atoms in total. The van der Waals surface area contributed by atoms with E-state index in [-0.39, 0.29) is 18.7 Å². The second-order valence-corrected chi connectivity index (χ2v) is 7.00. The van der Waals surface area contributed by atoms with Gasteiger partial charge in [-0.25, -0.2) is 0 Å². The van der Waals surface area contributed by atoms with Gasteiger partial charge < -0.3 is 10.1 Å². The van der Waals surface area contributed by atoms with Crippen LogP contribution in [0.1, 0.15) is 34.1 Å². The molecule has 2 aromatic carbocycles. The number of hydrogen-bond acceptors (Lipinski definition) is 6. The number of nitrogens with zero attached hydrogens (tertiary/aromatic N) is 1. The van der Waals surface area contributed by atoms with E-state index in [1.807, 2.05) is 0 Å². The molecule has 0 bridgehead atoms. The van der Waals surface area contributed by atoms with Crippen molar-refractivity contribution in [1.82, 2.24) is 10.4 Å². The number of Topliss-reactive ketones (excluding diaryl/α,β-unsaturated/α-hetero) is 1. The SMILES string of the molecule is CC(=O)c1ccc(NC(=O)COC(=O)[C@@H]2CC(=O)N(NC(=O)c3ccccc3)C2)cc1. The van der Waals surface area contributed by atoms with Crippen molar-refractivity contribution in [1.29, 1.82) is 0 Å². The van der Waals surface area contributed by atoms with E-state index in [0.29, 0.717) is 16.8 Å². The van der Waals surface area contributed by atoms with Gasteiger partial charge in [0.25, 0.3) is 11.8 Å². The first-order chi connectivity index (χ1) is 14.8. The predicted octanol–water partition coefficient (Wildman–Crippen LogP) is 1.56. The Kier molecular flexibility index (Phi) is 6.76. The number of hydrazine groups is 1. The van der Waals surface area contributed by atoms with Crippen LogP contribution in [0.25, 0.3) is 0 Å². The molecule has 3 rings (SSSR count). The van der Waals surface area contributed by atoms with Crippen LogP contribution < -0.4 is 10.7 Å². The van der Waals surface area contributed by atoms with Crippen LogP contribution in [0.2, 0.25) is 0 Å². The molecule has 3 amide bonds. The zero-order chi connectivity index (χ0) is 22.4. The summed E-state index contributed by atoms with van der Waals surface area (Å²) in [5.74, 6) is -3.01. The van der Waals surface area contributed by atoms with Crippen molar-refractivity contribution in [2.75, 3.05) is 18.5 Å². The molecule has 1 aliphatic heterocycles. The van der Waals surface area contributed by atoms with E-state index >= 15 is 0 Å². The van der Waals surface area contributed by atoms with E-state index in [4.69, 9.17) is 4.74 Å². The summed E-state index contributed by atoms with van der Waals surface area (Å²) in [6.45, 7) is 0.883. The molecule has 1 aliphatic rings. The highest BCUT2D eigenvalue weighted by Crippen LogP contribution is 2.18. The smallest absolute Gasteiger partial charge is 0.311 e. The third kappa shape index (κ3) is 5.75. The van der Waals surface area contributed by atoms with E-state index in [0.717, 1.165) is 5.01 Å². The molecule has 0 aliphatic carbocycles.